The Bertz CT molecular complexity index is 650. The van der Waals surface area contributed by atoms with Gasteiger partial charge in [-0.25, -0.2) is 4.39 Å². The molecule has 19 heavy (non-hydrogen) atoms. The van der Waals surface area contributed by atoms with Crippen molar-refractivity contribution in [3.63, 3.8) is 0 Å². The Labute approximate surface area is 127 Å². The molecule has 2 aromatic rings. The third-order valence-corrected chi connectivity index (χ3v) is 3.65. The van der Waals surface area contributed by atoms with Crippen molar-refractivity contribution in [2.24, 2.45) is 0 Å². The summed E-state index contributed by atoms with van der Waals surface area (Å²) in [7, 11) is 0. The van der Waals surface area contributed by atoms with E-state index in [1.54, 1.807) is 6.07 Å². The van der Waals surface area contributed by atoms with Crippen molar-refractivity contribution < 1.29 is 4.39 Å². The number of anilines is 1. The Kier molecular flexibility index (Phi) is 4.56. The predicted molar refractivity (Wildman–Crippen MR) is 80.3 cm³/mol. The Morgan fingerprint density at radius 1 is 1.16 bits per heavy atom. The van der Waals surface area contributed by atoms with Gasteiger partial charge in [-0.1, -0.05) is 15.9 Å². The lowest BCUT2D eigenvalue weighted by molar-refractivity contribution is 0.625. The summed E-state index contributed by atoms with van der Waals surface area (Å²) in [5.41, 5.74) is 1.96. The van der Waals surface area contributed by atoms with Crippen LogP contribution >= 0.6 is 31.9 Å². The molecule has 96 valence electrons. The largest absolute Gasteiger partial charge is 0.380 e. The molecule has 0 aliphatic rings. The highest BCUT2D eigenvalue weighted by atomic mass is 79.9. The molecule has 0 saturated carbocycles. The van der Waals surface area contributed by atoms with E-state index >= 15 is 0 Å². The molecule has 0 fully saturated rings. The minimum absolute atomic E-state index is 0.326. The molecule has 0 aliphatic carbocycles. The van der Waals surface area contributed by atoms with Gasteiger partial charge in [-0.15, -0.1) is 0 Å². The van der Waals surface area contributed by atoms with Crippen molar-refractivity contribution in [1.82, 2.24) is 0 Å². The first-order valence-electron chi connectivity index (χ1n) is 5.47. The number of benzene rings is 2. The predicted octanol–water partition coefficient (Wildman–Crippen LogP) is 4.83. The number of hydrogen-bond donors (Lipinski definition) is 1. The zero-order valence-electron chi connectivity index (χ0n) is 9.75. The summed E-state index contributed by atoms with van der Waals surface area (Å²) in [6, 6.07) is 12.0. The number of nitrogens with one attached hydrogen (secondary N) is 1. The minimum Gasteiger partial charge on any atom is -0.380 e. The molecule has 0 heterocycles. The van der Waals surface area contributed by atoms with E-state index in [4.69, 9.17) is 5.26 Å². The Balaban J connectivity index is 2.14. The summed E-state index contributed by atoms with van der Waals surface area (Å²) in [6.07, 6.45) is 0. The average molecular weight is 384 g/mol. The van der Waals surface area contributed by atoms with Crippen LogP contribution in [-0.2, 0) is 6.54 Å². The van der Waals surface area contributed by atoms with E-state index in [-0.39, 0.29) is 0 Å². The molecule has 0 saturated heterocycles. The van der Waals surface area contributed by atoms with Crippen LogP contribution in [0.4, 0.5) is 10.1 Å². The van der Waals surface area contributed by atoms with Gasteiger partial charge in [0.05, 0.1) is 11.6 Å². The number of halogens is 3. The topological polar surface area (TPSA) is 35.8 Å². The molecule has 0 bridgehead atoms. The van der Waals surface area contributed by atoms with Crippen LogP contribution in [0.2, 0.25) is 0 Å². The first kappa shape index (κ1) is 14.0. The molecule has 0 spiro atoms. The molecule has 0 aromatic heterocycles. The second kappa shape index (κ2) is 6.18. The lowest BCUT2D eigenvalue weighted by atomic mass is 10.1. The highest BCUT2D eigenvalue weighted by Gasteiger charge is 2.03. The number of hydrogen-bond acceptors (Lipinski definition) is 2. The highest BCUT2D eigenvalue weighted by molar-refractivity contribution is 9.11. The van der Waals surface area contributed by atoms with Crippen LogP contribution in [0.15, 0.2) is 45.3 Å². The fourth-order valence-electron chi connectivity index (χ4n) is 1.65. The molecule has 0 radical (unpaired) electrons. The third-order valence-electron chi connectivity index (χ3n) is 2.50. The van der Waals surface area contributed by atoms with Crippen LogP contribution in [0.3, 0.4) is 0 Å². The first-order chi connectivity index (χ1) is 9.08. The molecule has 5 heteroatoms. The van der Waals surface area contributed by atoms with E-state index < -0.39 is 5.82 Å². The van der Waals surface area contributed by atoms with Crippen molar-refractivity contribution in [1.29, 1.82) is 5.26 Å². The minimum atomic E-state index is -0.397. The van der Waals surface area contributed by atoms with Crippen LogP contribution in [0, 0.1) is 17.1 Å². The van der Waals surface area contributed by atoms with E-state index in [0.29, 0.717) is 12.1 Å². The molecule has 0 atom stereocenters. The van der Waals surface area contributed by atoms with Gasteiger partial charge in [0.25, 0.3) is 0 Å². The van der Waals surface area contributed by atoms with Crippen molar-refractivity contribution in [3.05, 3.63) is 62.3 Å². The summed E-state index contributed by atoms with van der Waals surface area (Å²) in [4.78, 5) is 0. The van der Waals surface area contributed by atoms with E-state index in [1.165, 1.54) is 12.1 Å². The molecular formula is C14H9Br2FN2. The average Bonchev–Trinajstić information content (AvgIpc) is 2.37. The highest BCUT2D eigenvalue weighted by Crippen LogP contribution is 2.26. The first-order valence-corrected chi connectivity index (χ1v) is 7.05. The molecule has 0 amide bonds. The lowest BCUT2D eigenvalue weighted by Crippen LogP contribution is -2.01. The van der Waals surface area contributed by atoms with Gasteiger partial charge in [0, 0.05) is 21.2 Å². The van der Waals surface area contributed by atoms with Crippen LogP contribution < -0.4 is 5.32 Å². The van der Waals surface area contributed by atoms with Gasteiger partial charge in [-0.3, -0.25) is 0 Å². The smallest absolute Gasteiger partial charge is 0.124 e. The second-order valence-electron chi connectivity index (χ2n) is 3.94. The monoisotopic (exact) mass is 382 g/mol. The maximum absolute atomic E-state index is 13.3. The van der Waals surface area contributed by atoms with Gasteiger partial charge in [-0.2, -0.15) is 5.26 Å². The van der Waals surface area contributed by atoms with E-state index in [2.05, 4.69) is 37.2 Å². The summed E-state index contributed by atoms with van der Waals surface area (Å²) in [5, 5.41) is 12.0. The van der Waals surface area contributed by atoms with Crippen molar-refractivity contribution in [3.8, 4) is 6.07 Å². The van der Waals surface area contributed by atoms with E-state index in [1.807, 2.05) is 24.3 Å². The zero-order chi connectivity index (χ0) is 13.8. The second-order valence-corrected chi connectivity index (χ2v) is 5.71. The Morgan fingerprint density at radius 2 is 1.95 bits per heavy atom. The van der Waals surface area contributed by atoms with Crippen LogP contribution in [0.1, 0.15) is 11.1 Å². The molecule has 0 unspecified atom stereocenters. The summed E-state index contributed by atoms with van der Waals surface area (Å²) >= 11 is 6.82. The SMILES string of the molecule is N#Cc1cc(F)cc(CNc2ccc(Br)cc2Br)c1. The van der Waals surface area contributed by atoms with Crippen LogP contribution in [0.5, 0.6) is 0 Å². The van der Waals surface area contributed by atoms with Crippen molar-refractivity contribution in [2.75, 3.05) is 5.32 Å². The number of rotatable bonds is 3. The maximum atomic E-state index is 13.3. The Hall–Kier alpha value is -1.38. The quantitative estimate of drug-likeness (QED) is 0.823. The van der Waals surface area contributed by atoms with Crippen molar-refractivity contribution in [2.45, 2.75) is 6.54 Å². The molecule has 1 N–H and O–H groups in total. The third kappa shape index (κ3) is 3.79. The van der Waals surface area contributed by atoms with Gasteiger partial charge in [0.15, 0.2) is 0 Å². The lowest BCUT2D eigenvalue weighted by Gasteiger charge is -2.09. The van der Waals surface area contributed by atoms with E-state index in [0.717, 1.165) is 20.2 Å². The number of nitriles is 1. The number of nitrogens with zero attached hydrogens (tertiary/aromatic N) is 1. The fraction of sp³-hybridized carbons (Fsp3) is 0.0714. The van der Waals surface area contributed by atoms with Crippen LogP contribution in [0.25, 0.3) is 0 Å². The molecule has 2 nitrogen and oxygen atoms in total. The molecule has 2 rings (SSSR count). The summed E-state index contributed by atoms with van der Waals surface area (Å²) in [5.74, 6) is -0.397. The summed E-state index contributed by atoms with van der Waals surface area (Å²) in [6.45, 7) is 0.451. The van der Waals surface area contributed by atoms with Crippen molar-refractivity contribution >= 4 is 37.5 Å². The molecule has 0 aliphatic heterocycles. The van der Waals surface area contributed by atoms with Crippen LogP contribution in [-0.4, -0.2) is 0 Å². The van der Waals surface area contributed by atoms with Gasteiger partial charge in [0.1, 0.15) is 5.82 Å². The van der Waals surface area contributed by atoms with E-state index in [9.17, 15) is 4.39 Å². The molecular weight excluding hydrogens is 375 g/mol. The Morgan fingerprint density at radius 3 is 2.63 bits per heavy atom. The van der Waals surface area contributed by atoms with Gasteiger partial charge >= 0.3 is 0 Å². The maximum Gasteiger partial charge on any atom is 0.124 e. The fourth-order valence-corrected chi connectivity index (χ4v) is 2.83. The van der Waals surface area contributed by atoms with Gasteiger partial charge in [-0.05, 0) is 57.9 Å². The van der Waals surface area contributed by atoms with Gasteiger partial charge in [0.2, 0.25) is 0 Å². The molecule has 2 aromatic carbocycles. The summed E-state index contributed by atoms with van der Waals surface area (Å²) < 4.78 is 15.2. The zero-order valence-corrected chi connectivity index (χ0v) is 12.9. The van der Waals surface area contributed by atoms with Gasteiger partial charge < -0.3 is 5.32 Å². The normalized spacial score (nSPS) is 10.0. The standard InChI is InChI=1S/C14H9Br2FN2/c15-11-1-2-14(13(16)6-11)19-8-10-3-9(7-18)4-12(17)5-10/h1-6,19H,8H2.